The van der Waals surface area contributed by atoms with Gasteiger partial charge in [0, 0.05) is 12.6 Å². The molecule has 17 heavy (non-hydrogen) atoms. The summed E-state index contributed by atoms with van der Waals surface area (Å²) in [4.78, 5) is 0. The fourth-order valence-electron chi connectivity index (χ4n) is 1.46. The first-order chi connectivity index (χ1) is 7.80. The highest BCUT2D eigenvalue weighted by atomic mass is 19.4. The fourth-order valence-corrected chi connectivity index (χ4v) is 1.46. The second-order valence-electron chi connectivity index (χ2n) is 4.10. The van der Waals surface area contributed by atoms with Gasteiger partial charge in [0.15, 0.2) is 6.10 Å². The summed E-state index contributed by atoms with van der Waals surface area (Å²) in [6.07, 6.45) is -6.89. The molecule has 0 radical (unpaired) electrons. The van der Waals surface area contributed by atoms with Gasteiger partial charge in [0.25, 0.3) is 0 Å². The highest BCUT2D eigenvalue weighted by Gasteiger charge is 2.37. The van der Waals surface area contributed by atoms with Crippen LogP contribution in [0.2, 0.25) is 0 Å². The van der Waals surface area contributed by atoms with Crippen LogP contribution in [0, 0.1) is 6.92 Å². The number of halogens is 3. The van der Waals surface area contributed by atoms with Crippen molar-refractivity contribution in [3.05, 3.63) is 35.4 Å². The van der Waals surface area contributed by atoms with Crippen LogP contribution >= 0.6 is 0 Å². The van der Waals surface area contributed by atoms with E-state index in [1.165, 1.54) is 0 Å². The number of benzene rings is 1. The number of hydrogen-bond acceptors (Lipinski definition) is 2. The highest BCUT2D eigenvalue weighted by molar-refractivity contribution is 5.24. The van der Waals surface area contributed by atoms with Crippen molar-refractivity contribution in [1.29, 1.82) is 0 Å². The van der Waals surface area contributed by atoms with Gasteiger partial charge in [-0.2, -0.15) is 13.2 Å². The largest absolute Gasteiger partial charge is 0.415 e. The zero-order chi connectivity index (χ0) is 13.1. The molecule has 1 unspecified atom stereocenters. The molecule has 5 heteroatoms. The summed E-state index contributed by atoms with van der Waals surface area (Å²) in [6, 6.07) is 7.28. The molecular formula is C12H16F3NO. The maximum absolute atomic E-state index is 12.1. The Morgan fingerprint density at radius 1 is 1.35 bits per heavy atom. The number of rotatable bonds is 4. The number of aliphatic hydroxyl groups is 1. The zero-order valence-corrected chi connectivity index (χ0v) is 9.75. The molecule has 0 bridgehead atoms. The molecule has 0 fully saturated rings. The molecule has 1 aromatic rings. The van der Waals surface area contributed by atoms with Gasteiger partial charge in [-0.1, -0.05) is 29.8 Å². The van der Waals surface area contributed by atoms with Crippen LogP contribution in [0.4, 0.5) is 13.2 Å². The highest BCUT2D eigenvalue weighted by Crippen LogP contribution is 2.20. The fraction of sp³-hybridized carbons (Fsp3) is 0.500. The lowest BCUT2D eigenvalue weighted by molar-refractivity contribution is -0.202. The minimum Gasteiger partial charge on any atom is -0.382 e. The van der Waals surface area contributed by atoms with Gasteiger partial charge in [-0.25, -0.2) is 0 Å². The van der Waals surface area contributed by atoms with E-state index >= 15 is 0 Å². The van der Waals surface area contributed by atoms with E-state index in [9.17, 15) is 13.2 Å². The first-order valence-corrected chi connectivity index (χ1v) is 5.35. The first-order valence-electron chi connectivity index (χ1n) is 5.35. The SMILES string of the molecule is Cc1cccc([C@@H](C)NCC(O)C(F)(F)F)c1. The Morgan fingerprint density at radius 3 is 2.53 bits per heavy atom. The topological polar surface area (TPSA) is 32.3 Å². The molecule has 0 amide bonds. The van der Waals surface area contributed by atoms with Crippen LogP contribution in [0.15, 0.2) is 24.3 Å². The Morgan fingerprint density at radius 2 is 2.00 bits per heavy atom. The standard InChI is InChI=1S/C12H16F3NO/c1-8-4-3-5-10(6-8)9(2)16-7-11(17)12(13,14)15/h3-6,9,11,16-17H,7H2,1-2H3/t9-,11?/m1/s1. The maximum atomic E-state index is 12.1. The predicted molar refractivity (Wildman–Crippen MR) is 59.7 cm³/mol. The van der Waals surface area contributed by atoms with E-state index < -0.39 is 18.8 Å². The predicted octanol–water partition coefficient (Wildman–Crippen LogP) is 2.57. The Hall–Kier alpha value is -1.07. The number of hydrogen-bond donors (Lipinski definition) is 2. The van der Waals surface area contributed by atoms with Crippen molar-refractivity contribution < 1.29 is 18.3 Å². The summed E-state index contributed by atoms with van der Waals surface area (Å²) < 4.78 is 36.2. The summed E-state index contributed by atoms with van der Waals surface area (Å²) in [5.74, 6) is 0. The van der Waals surface area contributed by atoms with E-state index in [0.717, 1.165) is 11.1 Å². The Labute approximate surface area is 98.5 Å². The lowest BCUT2D eigenvalue weighted by atomic mass is 10.1. The molecular weight excluding hydrogens is 231 g/mol. The average molecular weight is 247 g/mol. The second kappa shape index (κ2) is 5.51. The molecule has 2 N–H and O–H groups in total. The molecule has 0 aliphatic rings. The van der Waals surface area contributed by atoms with Crippen LogP contribution in [0.25, 0.3) is 0 Å². The Bertz CT molecular complexity index is 365. The molecule has 2 nitrogen and oxygen atoms in total. The maximum Gasteiger partial charge on any atom is 0.415 e. The molecule has 0 heterocycles. The first kappa shape index (κ1) is 14.0. The van der Waals surface area contributed by atoms with E-state index in [4.69, 9.17) is 5.11 Å². The monoisotopic (exact) mass is 247 g/mol. The van der Waals surface area contributed by atoms with Crippen LogP contribution in [0.1, 0.15) is 24.1 Å². The van der Waals surface area contributed by atoms with Gasteiger partial charge in [-0.05, 0) is 19.4 Å². The van der Waals surface area contributed by atoms with Gasteiger partial charge in [-0.3, -0.25) is 0 Å². The van der Waals surface area contributed by atoms with Crippen LogP contribution in [-0.4, -0.2) is 23.9 Å². The van der Waals surface area contributed by atoms with Gasteiger partial charge in [0.05, 0.1) is 0 Å². The minimum atomic E-state index is -4.57. The zero-order valence-electron chi connectivity index (χ0n) is 9.75. The smallest absolute Gasteiger partial charge is 0.382 e. The summed E-state index contributed by atoms with van der Waals surface area (Å²) in [5.41, 5.74) is 1.95. The van der Waals surface area contributed by atoms with E-state index in [0.29, 0.717) is 0 Å². The number of nitrogens with one attached hydrogen (secondary N) is 1. The Balaban J connectivity index is 2.53. The average Bonchev–Trinajstić information content (AvgIpc) is 2.24. The van der Waals surface area contributed by atoms with Crippen LogP contribution in [0.5, 0.6) is 0 Å². The van der Waals surface area contributed by atoms with Gasteiger partial charge in [-0.15, -0.1) is 0 Å². The lowest BCUT2D eigenvalue weighted by Gasteiger charge is -2.19. The molecule has 1 aromatic carbocycles. The Kier molecular flexibility index (Phi) is 4.54. The second-order valence-corrected chi connectivity index (χ2v) is 4.10. The number of aliphatic hydroxyl groups excluding tert-OH is 1. The molecule has 0 saturated carbocycles. The summed E-state index contributed by atoms with van der Waals surface area (Å²) in [6.45, 7) is 3.18. The van der Waals surface area contributed by atoms with Crippen molar-refractivity contribution in [2.45, 2.75) is 32.2 Å². The van der Waals surface area contributed by atoms with Gasteiger partial charge >= 0.3 is 6.18 Å². The molecule has 0 aliphatic heterocycles. The van der Waals surface area contributed by atoms with Crippen molar-refractivity contribution >= 4 is 0 Å². The van der Waals surface area contributed by atoms with Crippen molar-refractivity contribution in [2.75, 3.05) is 6.54 Å². The van der Waals surface area contributed by atoms with E-state index in [-0.39, 0.29) is 6.04 Å². The molecule has 0 saturated heterocycles. The third kappa shape index (κ3) is 4.36. The van der Waals surface area contributed by atoms with Gasteiger partial charge in [0.2, 0.25) is 0 Å². The van der Waals surface area contributed by atoms with E-state index in [1.807, 2.05) is 31.2 Å². The van der Waals surface area contributed by atoms with Crippen LogP contribution in [-0.2, 0) is 0 Å². The van der Waals surface area contributed by atoms with Crippen molar-refractivity contribution in [3.8, 4) is 0 Å². The molecule has 2 atom stereocenters. The molecule has 0 aliphatic carbocycles. The van der Waals surface area contributed by atoms with E-state index in [1.54, 1.807) is 6.92 Å². The summed E-state index contributed by atoms with van der Waals surface area (Å²) in [7, 11) is 0. The lowest BCUT2D eigenvalue weighted by Crippen LogP contribution is -2.39. The van der Waals surface area contributed by atoms with Crippen molar-refractivity contribution in [3.63, 3.8) is 0 Å². The van der Waals surface area contributed by atoms with Crippen molar-refractivity contribution in [1.82, 2.24) is 5.32 Å². The van der Waals surface area contributed by atoms with Crippen LogP contribution in [0.3, 0.4) is 0 Å². The third-order valence-corrected chi connectivity index (χ3v) is 2.54. The molecule has 0 aromatic heterocycles. The van der Waals surface area contributed by atoms with Gasteiger partial charge in [0.1, 0.15) is 0 Å². The molecule has 96 valence electrons. The van der Waals surface area contributed by atoms with E-state index in [2.05, 4.69) is 5.32 Å². The quantitative estimate of drug-likeness (QED) is 0.857. The number of alkyl halides is 3. The normalized spacial score (nSPS) is 15.6. The molecule has 0 spiro atoms. The van der Waals surface area contributed by atoms with Crippen molar-refractivity contribution in [2.24, 2.45) is 0 Å². The minimum absolute atomic E-state index is 0.230. The van der Waals surface area contributed by atoms with Crippen LogP contribution < -0.4 is 5.32 Å². The third-order valence-electron chi connectivity index (χ3n) is 2.54. The summed E-state index contributed by atoms with van der Waals surface area (Å²) in [5, 5.41) is 11.5. The summed E-state index contributed by atoms with van der Waals surface area (Å²) >= 11 is 0. The van der Waals surface area contributed by atoms with Gasteiger partial charge < -0.3 is 10.4 Å². The number of aryl methyl sites for hydroxylation is 1. The molecule has 1 rings (SSSR count).